The van der Waals surface area contributed by atoms with E-state index in [1.165, 1.54) is 11.3 Å². The fraction of sp³-hybridized carbons (Fsp3) is 0.136. The molecule has 0 aliphatic heterocycles. The van der Waals surface area contributed by atoms with Crippen molar-refractivity contribution >= 4 is 23.3 Å². The molecule has 0 spiro atoms. The van der Waals surface area contributed by atoms with Gasteiger partial charge in [-0.3, -0.25) is 4.79 Å². The summed E-state index contributed by atoms with van der Waals surface area (Å²) in [6.45, 7) is 1.48. The lowest BCUT2D eigenvalue weighted by molar-refractivity contribution is -0.117. The highest BCUT2D eigenvalue weighted by atomic mass is 32.1. The van der Waals surface area contributed by atoms with Gasteiger partial charge in [0.25, 0.3) is 5.19 Å². The van der Waals surface area contributed by atoms with Crippen LogP contribution in [0.2, 0.25) is 0 Å². The van der Waals surface area contributed by atoms with Crippen molar-refractivity contribution < 1.29 is 19.1 Å². The van der Waals surface area contributed by atoms with Gasteiger partial charge in [-0.05, 0) is 43.3 Å². The molecule has 0 fully saturated rings. The third-order valence-corrected chi connectivity index (χ3v) is 4.47. The minimum absolute atomic E-state index is 0.235. The normalized spacial score (nSPS) is 10.9. The number of rotatable bonds is 7. The largest absolute Gasteiger partial charge is 0.457 e. The SMILES string of the molecule is CC(C#Cc1cnc(Oc2ccc(Oc3ccccc3)cc2)s1)NC(=O)NCC(N)=O. The molecule has 3 amide bonds. The average molecular weight is 436 g/mol. The Morgan fingerprint density at radius 2 is 1.71 bits per heavy atom. The van der Waals surface area contributed by atoms with Gasteiger partial charge in [0.05, 0.1) is 18.8 Å². The first-order chi connectivity index (χ1) is 15.0. The molecule has 1 heterocycles. The van der Waals surface area contributed by atoms with Gasteiger partial charge in [0.1, 0.15) is 22.1 Å². The minimum Gasteiger partial charge on any atom is -0.457 e. The Morgan fingerprint density at radius 1 is 1.06 bits per heavy atom. The summed E-state index contributed by atoms with van der Waals surface area (Å²) in [4.78, 5) is 27.1. The predicted octanol–water partition coefficient (Wildman–Crippen LogP) is 3.25. The molecule has 1 aromatic heterocycles. The van der Waals surface area contributed by atoms with Crippen molar-refractivity contribution in [3.63, 3.8) is 0 Å². The van der Waals surface area contributed by atoms with E-state index in [-0.39, 0.29) is 6.54 Å². The molecule has 1 atom stereocenters. The van der Waals surface area contributed by atoms with Crippen molar-refractivity contribution in [3.8, 4) is 34.3 Å². The summed E-state index contributed by atoms with van der Waals surface area (Å²) in [6, 6.07) is 15.8. The highest BCUT2D eigenvalue weighted by molar-refractivity contribution is 7.13. The van der Waals surface area contributed by atoms with Gasteiger partial charge < -0.3 is 25.8 Å². The van der Waals surface area contributed by atoms with Crippen LogP contribution in [0.5, 0.6) is 22.4 Å². The van der Waals surface area contributed by atoms with E-state index in [1.54, 1.807) is 25.3 Å². The molecular weight excluding hydrogens is 416 g/mol. The van der Waals surface area contributed by atoms with Crippen LogP contribution in [0, 0.1) is 11.8 Å². The fourth-order valence-corrected chi connectivity index (χ4v) is 2.94. The Bertz CT molecular complexity index is 1090. The van der Waals surface area contributed by atoms with Crippen molar-refractivity contribution in [2.45, 2.75) is 13.0 Å². The summed E-state index contributed by atoms with van der Waals surface area (Å²) in [6.07, 6.45) is 1.60. The van der Waals surface area contributed by atoms with Crippen LogP contribution < -0.4 is 25.8 Å². The molecular formula is C22H20N4O4S. The average Bonchev–Trinajstić information content (AvgIpc) is 3.20. The van der Waals surface area contributed by atoms with Gasteiger partial charge in [-0.15, -0.1) is 0 Å². The Kier molecular flexibility index (Phi) is 7.45. The Balaban J connectivity index is 1.51. The zero-order valence-corrected chi connectivity index (χ0v) is 17.4. The number of nitrogens with two attached hydrogens (primary N) is 1. The van der Waals surface area contributed by atoms with Crippen LogP contribution in [0.4, 0.5) is 4.79 Å². The number of carbonyl (C=O) groups is 2. The number of nitrogens with zero attached hydrogens (tertiary/aromatic N) is 1. The monoisotopic (exact) mass is 436 g/mol. The maximum atomic E-state index is 11.6. The molecule has 0 bridgehead atoms. The molecule has 158 valence electrons. The van der Waals surface area contributed by atoms with E-state index in [4.69, 9.17) is 15.2 Å². The van der Waals surface area contributed by atoms with Crippen LogP contribution in [0.1, 0.15) is 11.8 Å². The molecule has 31 heavy (non-hydrogen) atoms. The number of carbonyl (C=O) groups excluding carboxylic acids is 2. The Morgan fingerprint density at radius 3 is 2.39 bits per heavy atom. The second-order valence-corrected chi connectivity index (χ2v) is 7.26. The van der Waals surface area contributed by atoms with Crippen LogP contribution in [-0.4, -0.2) is 29.5 Å². The van der Waals surface area contributed by atoms with Gasteiger partial charge in [-0.2, -0.15) is 0 Å². The van der Waals surface area contributed by atoms with Gasteiger partial charge in [0.2, 0.25) is 5.91 Å². The highest BCUT2D eigenvalue weighted by Crippen LogP contribution is 2.28. The lowest BCUT2D eigenvalue weighted by Gasteiger charge is -2.07. The van der Waals surface area contributed by atoms with Crippen molar-refractivity contribution in [1.29, 1.82) is 0 Å². The molecule has 0 aliphatic rings. The molecule has 2 aromatic carbocycles. The number of urea groups is 1. The van der Waals surface area contributed by atoms with E-state index >= 15 is 0 Å². The van der Waals surface area contributed by atoms with Crippen molar-refractivity contribution in [3.05, 3.63) is 65.7 Å². The first-order valence-electron chi connectivity index (χ1n) is 9.29. The number of aromatic nitrogens is 1. The van der Waals surface area contributed by atoms with Crippen LogP contribution in [0.25, 0.3) is 0 Å². The number of primary amides is 1. The zero-order valence-electron chi connectivity index (χ0n) is 16.6. The minimum atomic E-state index is -0.621. The summed E-state index contributed by atoms with van der Waals surface area (Å²) in [5.41, 5.74) is 4.97. The van der Waals surface area contributed by atoms with Crippen LogP contribution >= 0.6 is 11.3 Å². The summed E-state index contributed by atoms with van der Waals surface area (Å²) in [7, 11) is 0. The van der Waals surface area contributed by atoms with Crippen LogP contribution in [0.15, 0.2) is 60.8 Å². The number of thiazole rings is 1. The third-order valence-electron chi connectivity index (χ3n) is 3.67. The number of amides is 3. The Hall–Kier alpha value is -4.03. The molecule has 8 nitrogen and oxygen atoms in total. The Labute approximate surface area is 183 Å². The summed E-state index contributed by atoms with van der Waals surface area (Å²) in [5.74, 6) is 7.27. The summed E-state index contributed by atoms with van der Waals surface area (Å²) < 4.78 is 11.5. The molecule has 3 aromatic rings. The molecule has 3 rings (SSSR count). The van der Waals surface area contributed by atoms with Crippen molar-refractivity contribution in [2.24, 2.45) is 5.73 Å². The van der Waals surface area contributed by atoms with E-state index in [1.807, 2.05) is 42.5 Å². The summed E-state index contributed by atoms with van der Waals surface area (Å²) >= 11 is 1.28. The van der Waals surface area contributed by atoms with E-state index < -0.39 is 18.0 Å². The van der Waals surface area contributed by atoms with Gasteiger partial charge in [-0.1, -0.05) is 41.4 Å². The number of hydrogen-bond acceptors (Lipinski definition) is 6. The zero-order chi connectivity index (χ0) is 22.1. The van der Waals surface area contributed by atoms with Gasteiger partial charge >= 0.3 is 6.03 Å². The number of benzene rings is 2. The molecule has 4 N–H and O–H groups in total. The first-order valence-corrected chi connectivity index (χ1v) is 10.1. The molecule has 0 aliphatic carbocycles. The molecule has 0 saturated carbocycles. The van der Waals surface area contributed by atoms with E-state index in [2.05, 4.69) is 27.5 Å². The number of para-hydroxylation sites is 1. The van der Waals surface area contributed by atoms with Crippen molar-refractivity contribution in [2.75, 3.05) is 6.54 Å². The molecule has 9 heteroatoms. The predicted molar refractivity (Wildman–Crippen MR) is 117 cm³/mol. The van der Waals surface area contributed by atoms with Gasteiger partial charge in [-0.25, -0.2) is 9.78 Å². The molecule has 0 radical (unpaired) electrons. The lowest BCUT2D eigenvalue weighted by atomic mass is 10.3. The van der Waals surface area contributed by atoms with Gasteiger partial charge in [0.15, 0.2) is 0 Å². The van der Waals surface area contributed by atoms with Crippen LogP contribution in [0.3, 0.4) is 0 Å². The number of nitrogens with one attached hydrogen (secondary N) is 2. The number of hydrogen-bond donors (Lipinski definition) is 3. The number of ether oxygens (including phenoxy) is 2. The van der Waals surface area contributed by atoms with Crippen molar-refractivity contribution in [1.82, 2.24) is 15.6 Å². The highest BCUT2D eigenvalue weighted by Gasteiger charge is 2.06. The second kappa shape index (κ2) is 10.7. The van der Waals surface area contributed by atoms with E-state index in [0.29, 0.717) is 21.6 Å². The lowest BCUT2D eigenvalue weighted by Crippen LogP contribution is -2.43. The third kappa shape index (κ3) is 7.38. The van der Waals surface area contributed by atoms with E-state index in [9.17, 15) is 9.59 Å². The van der Waals surface area contributed by atoms with Crippen LogP contribution in [-0.2, 0) is 4.79 Å². The summed E-state index contributed by atoms with van der Waals surface area (Å²) in [5, 5.41) is 5.36. The maximum absolute atomic E-state index is 11.6. The maximum Gasteiger partial charge on any atom is 0.316 e. The molecule has 0 saturated heterocycles. The second-order valence-electron chi connectivity index (χ2n) is 6.26. The smallest absolute Gasteiger partial charge is 0.316 e. The topological polar surface area (TPSA) is 116 Å². The molecule has 1 unspecified atom stereocenters. The standard InChI is InChI=1S/C22H20N4O4S/c1-15(26-21(28)24-14-20(23)27)7-12-19-13-25-22(31-19)30-18-10-8-17(9-11-18)29-16-5-3-2-4-6-16/h2-6,8-11,13,15H,14H2,1H3,(H2,23,27)(H2,24,26,28). The first kappa shape index (κ1) is 21.7. The quantitative estimate of drug-likeness (QED) is 0.492. The van der Waals surface area contributed by atoms with Gasteiger partial charge in [0, 0.05) is 0 Å². The fourth-order valence-electron chi connectivity index (χ4n) is 2.29. The van der Waals surface area contributed by atoms with E-state index in [0.717, 1.165) is 5.75 Å².